The highest BCUT2D eigenvalue weighted by molar-refractivity contribution is 5.59. The first kappa shape index (κ1) is 16.0. The van der Waals surface area contributed by atoms with Gasteiger partial charge in [-0.15, -0.1) is 0 Å². The fourth-order valence-electron chi connectivity index (χ4n) is 2.21. The van der Waals surface area contributed by atoms with Crippen molar-refractivity contribution in [3.05, 3.63) is 72.2 Å². The van der Waals surface area contributed by atoms with E-state index in [0.29, 0.717) is 12.3 Å². The molecule has 1 atom stereocenters. The molecular weight excluding hydrogens is 307 g/mol. The Morgan fingerprint density at radius 1 is 1.08 bits per heavy atom. The first-order valence-corrected chi connectivity index (χ1v) is 7.53. The van der Waals surface area contributed by atoms with Crippen molar-refractivity contribution in [2.45, 2.75) is 12.6 Å². The lowest BCUT2D eigenvalue weighted by atomic mass is 10.1. The van der Waals surface area contributed by atoms with Gasteiger partial charge in [0.2, 0.25) is 0 Å². The van der Waals surface area contributed by atoms with E-state index in [4.69, 9.17) is 10.2 Å². The zero-order chi connectivity index (χ0) is 16.8. The average Bonchev–Trinajstić information content (AvgIpc) is 3.17. The predicted molar refractivity (Wildman–Crippen MR) is 89.5 cm³/mol. The molecule has 5 nitrogen and oxygen atoms in total. The first-order chi connectivity index (χ1) is 11.8. The molecule has 24 heavy (non-hydrogen) atoms. The van der Waals surface area contributed by atoms with E-state index in [1.807, 2.05) is 48.5 Å². The van der Waals surface area contributed by atoms with Gasteiger partial charge in [0.1, 0.15) is 6.67 Å². The molecule has 0 aliphatic rings. The minimum Gasteiger partial charge on any atom is -0.444 e. The second-order valence-corrected chi connectivity index (χ2v) is 5.31. The molecule has 0 spiro atoms. The third-order valence-electron chi connectivity index (χ3n) is 3.60. The van der Waals surface area contributed by atoms with Crippen LogP contribution in [0.15, 0.2) is 75.8 Å². The molecule has 3 aromatic rings. The van der Waals surface area contributed by atoms with Gasteiger partial charge in [-0.1, -0.05) is 24.3 Å². The van der Waals surface area contributed by atoms with Gasteiger partial charge in [-0.05, 0) is 35.4 Å². The maximum Gasteiger partial charge on any atom is 0.181 e. The summed E-state index contributed by atoms with van der Waals surface area (Å²) in [5.41, 5.74) is 9.11. The summed E-state index contributed by atoms with van der Waals surface area (Å²) in [6.07, 6.45) is 3.06. The Morgan fingerprint density at radius 2 is 1.83 bits per heavy atom. The molecule has 0 saturated heterocycles. The topological polar surface area (TPSA) is 76.8 Å². The Balaban J connectivity index is 1.60. The van der Waals surface area contributed by atoms with Crippen LogP contribution < -0.4 is 5.73 Å². The van der Waals surface area contributed by atoms with Crippen LogP contribution in [0, 0.1) is 0 Å². The van der Waals surface area contributed by atoms with Crippen LogP contribution in [0.3, 0.4) is 0 Å². The lowest BCUT2D eigenvalue weighted by Crippen LogP contribution is -2.11. The van der Waals surface area contributed by atoms with Crippen molar-refractivity contribution in [2.24, 2.45) is 16.0 Å². The zero-order valence-electron chi connectivity index (χ0n) is 13.0. The number of oxazole rings is 1. The van der Waals surface area contributed by atoms with E-state index in [1.54, 1.807) is 6.20 Å². The monoisotopic (exact) mass is 324 g/mol. The van der Waals surface area contributed by atoms with Crippen molar-refractivity contribution in [3.63, 3.8) is 0 Å². The molecule has 1 unspecified atom stereocenters. The van der Waals surface area contributed by atoms with Crippen molar-refractivity contribution >= 4 is 5.69 Å². The zero-order valence-corrected chi connectivity index (χ0v) is 13.0. The Hall–Kier alpha value is -2.86. The van der Waals surface area contributed by atoms with Gasteiger partial charge in [0.15, 0.2) is 12.2 Å². The minimum atomic E-state index is -0.566. The number of hydrogen-bond donors (Lipinski definition) is 1. The van der Waals surface area contributed by atoms with Gasteiger partial charge < -0.3 is 10.2 Å². The van der Waals surface area contributed by atoms with Crippen LogP contribution in [0.1, 0.15) is 17.2 Å². The highest BCUT2D eigenvalue weighted by atomic mass is 19.1. The molecule has 6 heteroatoms. The van der Waals surface area contributed by atoms with Crippen molar-refractivity contribution in [1.29, 1.82) is 0 Å². The summed E-state index contributed by atoms with van der Waals surface area (Å²) in [4.78, 5) is 3.89. The molecule has 0 aliphatic heterocycles. The molecule has 0 radical (unpaired) electrons. The summed E-state index contributed by atoms with van der Waals surface area (Å²) in [5, 5.41) is 8.37. The van der Waals surface area contributed by atoms with Crippen LogP contribution in [-0.4, -0.2) is 11.7 Å². The Bertz CT molecular complexity index is 783. The molecule has 0 saturated carbocycles. The maximum absolute atomic E-state index is 12.5. The quantitative estimate of drug-likeness (QED) is 0.673. The number of benzene rings is 2. The Labute approximate surface area is 139 Å². The standard InChI is InChI=1S/C18H17FN4O/c19-9-17(20)14-3-1-13(2-4-14)10-22-23-16-7-5-15(6-8-16)18-11-21-12-24-18/h1-8,11-12,17H,9-10,20H2. The van der Waals surface area contributed by atoms with Crippen molar-refractivity contribution in [2.75, 3.05) is 6.67 Å². The van der Waals surface area contributed by atoms with Gasteiger partial charge in [0.05, 0.1) is 24.5 Å². The molecule has 0 bridgehead atoms. The van der Waals surface area contributed by atoms with Crippen LogP contribution in [0.5, 0.6) is 0 Å². The van der Waals surface area contributed by atoms with Crippen LogP contribution >= 0.6 is 0 Å². The highest BCUT2D eigenvalue weighted by Gasteiger charge is 2.04. The first-order valence-electron chi connectivity index (χ1n) is 7.53. The summed E-state index contributed by atoms with van der Waals surface area (Å²) >= 11 is 0. The number of nitrogens with zero attached hydrogens (tertiary/aromatic N) is 3. The number of aromatic nitrogens is 1. The molecule has 0 fully saturated rings. The molecule has 0 amide bonds. The van der Waals surface area contributed by atoms with E-state index in [-0.39, 0.29) is 0 Å². The fourth-order valence-corrected chi connectivity index (χ4v) is 2.21. The molecular formula is C18H17FN4O. The summed E-state index contributed by atoms with van der Waals surface area (Å²) in [5.74, 6) is 0.713. The van der Waals surface area contributed by atoms with Crippen LogP contribution in [-0.2, 0) is 6.54 Å². The van der Waals surface area contributed by atoms with Crippen LogP contribution in [0.25, 0.3) is 11.3 Å². The molecule has 2 N–H and O–H groups in total. The van der Waals surface area contributed by atoms with Crippen molar-refractivity contribution < 1.29 is 8.81 Å². The van der Waals surface area contributed by atoms with Gasteiger partial charge in [-0.3, -0.25) is 0 Å². The molecule has 122 valence electrons. The number of alkyl halides is 1. The third kappa shape index (κ3) is 3.91. The Morgan fingerprint density at radius 3 is 2.46 bits per heavy atom. The van der Waals surface area contributed by atoms with Crippen molar-refractivity contribution in [3.8, 4) is 11.3 Å². The average molecular weight is 324 g/mol. The van der Waals surface area contributed by atoms with Crippen LogP contribution in [0.4, 0.5) is 10.1 Å². The SMILES string of the molecule is NC(CF)c1ccc(CN=Nc2ccc(-c3cnco3)cc2)cc1. The molecule has 1 heterocycles. The third-order valence-corrected chi connectivity index (χ3v) is 3.60. The van der Waals surface area contributed by atoms with Gasteiger partial charge in [0, 0.05) is 5.56 Å². The summed E-state index contributed by atoms with van der Waals surface area (Å²) in [6, 6.07) is 14.4. The van der Waals surface area contributed by atoms with Crippen molar-refractivity contribution in [1.82, 2.24) is 4.98 Å². The summed E-state index contributed by atoms with van der Waals surface area (Å²) in [6.45, 7) is -0.113. The van der Waals surface area contributed by atoms with E-state index >= 15 is 0 Å². The summed E-state index contributed by atoms with van der Waals surface area (Å²) in [7, 11) is 0. The highest BCUT2D eigenvalue weighted by Crippen LogP contribution is 2.22. The lowest BCUT2D eigenvalue weighted by molar-refractivity contribution is 0.437. The van der Waals surface area contributed by atoms with E-state index < -0.39 is 12.7 Å². The maximum atomic E-state index is 12.5. The normalized spacial score (nSPS) is 12.6. The number of nitrogens with two attached hydrogens (primary N) is 1. The largest absolute Gasteiger partial charge is 0.444 e. The van der Waals surface area contributed by atoms with Crippen LogP contribution in [0.2, 0.25) is 0 Å². The lowest BCUT2D eigenvalue weighted by Gasteiger charge is -2.07. The predicted octanol–water partition coefficient (Wildman–Crippen LogP) is 4.59. The fraction of sp³-hybridized carbons (Fsp3) is 0.167. The Kier molecular flexibility index (Phi) is 5.08. The molecule has 3 rings (SSSR count). The minimum absolute atomic E-state index is 0.453. The van der Waals surface area contributed by atoms with Gasteiger partial charge in [0.25, 0.3) is 0 Å². The number of rotatable bonds is 6. The number of azo groups is 1. The van der Waals surface area contributed by atoms with Gasteiger partial charge in [-0.2, -0.15) is 10.2 Å². The summed E-state index contributed by atoms with van der Waals surface area (Å²) < 4.78 is 17.7. The van der Waals surface area contributed by atoms with E-state index in [0.717, 1.165) is 22.4 Å². The van der Waals surface area contributed by atoms with Gasteiger partial charge >= 0.3 is 0 Å². The molecule has 0 aliphatic carbocycles. The van der Waals surface area contributed by atoms with E-state index in [2.05, 4.69) is 15.2 Å². The van der Waals surface area contributed by atoms with E-state index in [1.165, 1.54) is 6.39 Å². The second kappa shape index (κ2) is 7.61. The molecule has 1 aromatic heterocycles. The number of hydrogen-bond acceptors (Lipinski definition) is 5. The second-order valence-electron chi connectivity index (χ2n) is 5.31. The molecule has 2 aromatic carbocycles. The smallest absolute Gasteiger partial charge is 0.181 e. The van der Waals surface area contributed by atoms with E-state index in [9.17, 15) is 4.39 Å². The number of halogens is 1. The van der Waals surface area contributed by atoms with Gasteiger partial charge in [-0.25, -0.2) is 9.37 Å².